The van der Waals surface area contributed by atoms with Crippen LogP contribution in [0.3, 0.4) is 0 Å². The third-order valence-electron chi connectivity index (χ3n) is 4.69. The lowest BCUT2D eigenvalue weighted by molar-refractivity contribution is 0.122. The van der Waals surface area contributed by atoms with E-state index >= 15 is 0 Å². The first-order chi connectivity index (χ1) is 13.3. The number of hydrogen-bond donors (Lipinski definition) is 2. The lowest BCUT2D eigenvalue weighted by Gasteiger charge is -2.28. The van der Waals surface area contributed by atoms with Crippen LogP contribution in [-0.4, -0.2) is 56.2 Å². The second-order valence-electron chi connectivity index (χ2n) is 6.29. The molecule has 0 aliphatic carbocycles. The number of nitrogens with two attached hydrogens (primary N) is 1. The summed E-state index contributed by atoms with van der Waals surface area (Å²) in [5, 5.41) is 12.5. The maximum Gasteiger partial charge on any atom is 0.177 e. The predicted octanol–water partition coefficient (Wildman–Crippen LogP) is 1.62. The molecule has 1 fully saturated rings. The van der Waals surface area contributed by atoms with Crippen molar-refractivity contribution in [2.24, 2.45) is 0 Å². The zero-order chi connectivity index (χ0) is 18.2. The molecule has 9 nitrogen and oxygen atoms in total. The predicted molar refractivity (Wildman–Crippen MR) is 102 cm³/mol. The fraction of sp³-hybridized carbons (Fsp3) is 0.222. The molecule has 4 aromatic rings. The van der Waals surface area contributed by atoms with Gasteiger partial charge in [-0.25, -0.2) is 9.97 Å². The minimum absolute atomic E-state index is 0.477. The SMILES string of the molecule is Nc1ncccc1-c1cc(N2CCOCC2)nc2c1cnn2-c1cc[nH]n1. The molecule has 0 unspecified atom stereocenters. The summed E-state index contributed by atoms with van der Waals surface area (Å²) in [5.74, 6) is 2.02. The quantitative estimate of drug-likeness (QED) is 0.570. The smallest absolute Gasteiger partial charge is 0.177 e. The van der Waals surface area contributed by atoms with Gasteiger partial charge in [-0.2, -0.15) is 14.9 Å². The fourth-order valence-corrected chi connectivity index (χ4v) is 3.35. The van der Waals surface area contributed by atoms with Gasteiger partial charge in [-0.15, -0.1) is 0 Å². The van der Waals surface area contributed by atoms with Gasteiger partial charge < -0.3 is 15.4 Å². The Hall–Kier alpha value is -3.46. The molecule has 1 aliphatic rings. The number of pyridine rings is 2. The molecule has 1 aliphatic heterocycles. The van der Waals surface area contributed by atoms with Crippen molar-refractivity contribution in [3.8, 4) is 16.9 Å². The Morgan fingerprint density at radius 2 is 2.00 bits per heavy atom. The van der Waals surface area contributed by atoms with Gasteiger partial charge in [0.25, 0.3) is 0 Å². The molecule has 0 spiro atoms. The molecule has 5 heterocycles. The summed E-state index contributed by atoms with van der Waals surface area (Å²) in [7, 11) is 0. The Labute approximate surface area is 154 Å². The van der Waals surface area contributed by atoms with E-state index in [1.165, 1.54) is 0 Å². The third-order valence-corrected chi connectivity index (χ3v) is 4.69. The van der Waals surface area contributed by atoms with Gasteiger partial charge in [0, 0.05) is 48.1 Å². The van der Waals surface area contributed by atoms with Crippen LogP contribution in [0.15, 0.2) is 42.9 Å². The maximum atomic E-state index is 6.16. The van der Waals surface area contributed by atoms with Crippen LogP contribution in [0.5, 0.6) is 0 Å². The van der Waals surface area contributed by atoms with Crippen LogP contribution in [-0.2, 0) is 4.74 Å². The molecule has 1 saturated heterocycles. The van der Waals surface area contributed by atoms with Crippen molar-refractivity contribution < 1.29 is 4.74 Å². The van der Waals surface area contributed by atoms with Crippen LogP contribution in [0.1, 0.15) is 0 Å². The van der Waals surface area contributed by atoms with Crippen molar-refractivity contribution in [2.45, 2.75) is 0 Å². The van der Waals surface area contributed by atoms with Gasteiger partial charge in [0.2, 0.25) is 0 Å². The van der Waals surface area contributed by atoms with E-state index in [4.69, 9.17) is 15.5 Å². The van der Waals surface area contributed by atoms with Gasteiger partial charge in [0.15, 0.2) is 11.5 Å². The average molecular weight is 362 g/mol. The summed E-state index contributed by atoms with van der Waals surface area (Å²) in [4.78, 5) is 11.3. The van der Waals surface area contributed by atoms with E-state index in [0.29, 0.717) is 24.8 Å². The van der Waals surface area contributed by atoms with Crippen LogP contribution in [0.25, 0.3) is 28.0 Å². The van der Waals surface area contributed by atoms with Gasteiger partial charge in [-0.05, 0) is 18.2 Å². The monoisotopic (exact) mass is 362 g/mol. The standard InChI is InChI=1S/C18H18N8O/c19-17-12(2-1-4-20-17)13-10-16(25-6-8-27-9-7-25)23-18-14(13)11-22-26(18)15-3-5-21-24-15/h1-5,10-11H,6-9H2,(H2,19,20)(H,21,24). The Balaban J connectivity index is 1.76. The Bertz CT molecular complexity index is 1080. The molecular weight excluding hydrogens is 344 g/mol. The normalized spacial score (nSPS) is 14.7. The van der Waals surface area contributed by atoms with Crippen LogP contribution in [0.2, 0.25) is 0 Å². The number of nitrogens with zero attached hydrogens (tertiary/aromatic N) is 6. The molecule has 0 amide bonds. The van der Waals surface area contributed by atoms with Crippen LogP contribution in [0, 0.1) is 0 Å². The van der Waals surface area contributed by atoms with Crippen molar-refractivity contribution in [3.63, 3.8) is 0 Å². The summed E-state index contributed by atoms with van der Waals surface area (Å²) in [6.07, 6.45) is 5.24. The molecule has 9 heteroatoms. The highest BCUT2D eigenvalue weighted by molar-refractivity contribution is 5.97. The number of nitrogens with one attached hydrogen (secondary N) is 1. The zero-order valence-corrected chi connectivity index (χ0v) is 14.5. The molecule has 0 radical (unpaired) electrons. The summed E-state index contributed by atoms with van der Waals surface area (Å²) < 4.78 is 7.21. The van der Waals surface area contributed by atoms with Crippen LogP contribution < -0.4 is 10.6 Å². The fourth-order valence-electron chi connectivity index (χ4n) is 3.35. The van der Waals surface area contributed by atoms with E-state index in [-0.39, 0.29) is 0 Å². The molecule has 0 atom stereocenters. The number of aromatic amines is 1. The van der Waals surface area contributed by atoms with Crippen LogP contribution >= 0.6 is 0 Å². The first kappa shape index (κ1) is 15.8. The summed E-state index contributed by atoms with van der Waals surface area (Å²) in [5.41, 5.74) is 8.70. The minimum atomic E-state index is 0.477. The van der Waals surface area contributed by atoms with Gasteiger partial charge in [0.05, 0.1) is 19.4 Å². The van der Waals surface area contributed by atoms with Crippen molar-refractivity contribution in [1.82, 2.24) is 29.9 Å². The number of H-pyrrole nitrogens is 1. The van der Waals surface area contributed by atoms with Gasteiger partial charge in [0.1, 0.15) is 11.6 Å². The topological polar surface area (TPSA) is 111 Å². The van der Waals surface area contributed by atoms with Crippen molar-refractivity contribution >= 4 is 22.7 Å². The number of morpholine rings is 1. The first-order valence-electron chi connectivity index (χ1n) is 8.74. The Kier molecular flexibility index (Phi) is 3.72. The molecule has 0 aromatic carbocycles. The second kappa shape index (κ2) is 6.36. The van der Waals surface area contributed by atoms with E-state index in [2.05, 4.69) is 31.2 Å². The summed E-state index contributed by atoms with van der Waals surface area (Å²) >= 11 is 0. The lowest BCUT2D eigenvalue weighted by atomic mass is 10.0. The Morgan fingerprint density at radius 3 is 2.78 bits per heavy atom. The number of ether oxygens (including phenoxy) is 1. The second-order valence-corrected chi connectivity index (χ2v) is 6.29. The summed E-state index contributed by atoms with van der Waals surface area (Å²) in [6, 6.07) is 7.75. The molecule has 0 saturated carbocycles. The van der Waals surface area contributed by atoms with Crippen molar-refractivity contribution in [2.75, 3.05) is 36.9 Å². The highest BCUT2D eigenvalue weighted by atomic mass is 16.5. The third kappa shape index (κ3) is 2.68. The maximum absolute atomic E-state index is 6.16. The number of aromatic nitrogens is 6. The molecule has 27 heavy (non-hydrogen) atoms. The number of anilines is 2. The van der Waals surface area contributed by atoms with E-state index in [0.717, 1.165) is 41.1 Å². The highest BCUT2D eigenvalue weighted by Crippen LogP contribution is 2.34. The van der Waals surface area contributed by atoms with E-state index in [1.807, 2.05) is 18.2 Å². The van der Waals surface area contributed by atoms with Gasteiger partial charge in [-0.1, -0.05) is 0 Å². The first-order valence-corrected chi connectivity index (χ1v) is 8.74. The molecule has 4 aromatic heterocycles. The van der Waals surface area contributed by atoms with Gasteiger partial charge in [-0.3, -0.25) is 5.10 Å². The van der Waals surface area contributed by atoms with Crippen molar-refractivity contribution in [1.29, 1.82) is 0 Å². The number of hydrogen-bond acceptors (Lipinski definition) is 7. The Morgan fingerprint density at radius 1 is 1.11 bits per heavy atom. The highest BCUT2D eigenvalue weighted by Gasteiger charge is 2.20. The minimum Gasteiger partial charge on any atom is -0.383 e. The molecule has 136 valence electrons. The molecule has 0 bridgehead atoms. The number of nitrogen functional groups attached to an aromatic ring is 1. The number of rotatable bonds is 3. The summed E-state index contributed by atoms with van der Waals surface area (Å²) in [6.45, 7) is 2.94. The zero-order valence-electron chi connectivity index (χ0n) is 14.5. The molecule has 3 N–H and O–H groups in total. The largest absolute Gasteiger partial charge is 0.383 e. The lowest BCUT2D eigenvalue weighted by Crippen LogP contribution is -2.36. The average Bonchev–Trinajstić information content (AvgIpc) is 3.38. The van der Waals surface area contributed by atoms with Gasteiger partial charge >= 0.3 is 0 Å². The van der Waals surface area contributed by atoms with Crippen molar-refractivity contribution in [3.05, 3.63) is 42.9 Å². The molecule has 5 rings (SSSR count). The number of fused-ring (bicyclic) bond motifs is 1. The van der Waals surface area contributed by atoms with E-state index in [9.17, 15) is 0 Å². The molecular formula is C18H18N8O. The van der Waals surface area contributed by atoms with E-state index in [1.54, 1.807) is 23.3 Å². The van der Waals surface area contributed by atoms with Crippen LogP contribution in [0.4, 0.5) is 11.6 Å². The van der Waals surface area contributed by atoms with E-state index < -0.39 is 0 Å².